The molecule has 2 rings (SSSR count). The monoisotopic (exact) mass is 339 g/mol. The number of anilines is 2. The summed E-state index contributed by atoms with van der Waals surface area (Å²) >= 11 is 0. The van der Waals surface area contributed by atoms with Gasteiger partial charge in [0.25, 0.3) is 5.91 Å². The molecule has 6 nitrogen and oxygen atoms in total. The van der Waals surface area contributed by atoms with E-state index in [1.165, 1.54) is 11.8 Å². The molecule has 0 aliphatic heterocycles. The highest BCUT2D eigenvalue weighted by atomic mass is 16.2. The van der Waals surface area contributed by atoms with Crippen LogP contribution in [0.3, 0.4) is 0 Å². The molecule has 25 heavy (non-hydrogen) atoms. The van der Waals surface area contributed by atoms with Gasteiger partial charge < -0.3 is 15.5 Å². The van der Waals surface area contributed by atoms with E-state index in [1.807, 2.05) is 0 Å². The van der Waals surface area contributed by atoms with E-state index in [1.54, 1.807) is 62.6 Å². The Kier molecular flexibility index (Phi) is 5.89. The number of nitrogens with one attached hydrogen (secondary N) is 2. The van der Waals surface area contributed by atoms with E-state index in [-0.39, 0.29) is 24.1 Å². The third-order valence-electron chi connectivity index (χ3n) is 3.55. The van der Waals surface area contributed by atoms with Gasteiger partial charge in [0.2, 0.25) is 5.91 Å². The lowest BCUT2D eigenvalue weighted by atomic mass is 10.1. The van der Waals surface area contributed by atoms with E-state index < -0.39 is 0 Å². The zero-order valence-corrected chi connectivity index (χ0v) is 14.5. The number of ketones is 1. The van der Waals surface area contributed by atoms with Crippen molar-refractivity contribution in [3.63, 3.8) is 0 Å². The molecule has 0 saturated carbocycles. The maximum absolute atomic E-state index is 12.1. The van der Waals surface area contributed by atoms with Crippen molar-refractivity contribution in [2.75, 3.05) is 31.3 Å². The molecule has 0 aliphatic carbocycles. The molecule has 0 atom stereocenters. The summed E-state index contributed by atoms with van der Waals surface area (Å²) in [7, 11) is 3.34. The Balaban J connectivity index is 2.01. The van der Waals surface area contributed by atoms with Gasteiger partial charge in [-0.1, -0.05) is 18.2 Å². The van der Waals surface area contributed by atoms with Crippen molar-refractivity contribution in [2.45, 2.75) is 6.92 Å². The smallest absolute Gasteiger partial charge is 0.253 e. The molecule has 0 aromatic heterocycles. The van der Waals surface area contributed by atoms with E-state index in [0.717, 1.165) is 0 Å². The van der Waals surface area contributed by atoms with Gasteiger partial charge >= 0.3 is 0 Å². The Labute approximate surface area is 146 Å². The minimum absolute atomic E-state index is 0.0101. The minimum Gasteiger partial charge on any atom is -0.376 e. The maximum Gasteiger partial charge on any atom is 0.253 e. The first-order valence-electron chi connectivity index (χ1n) is 7.84. The second-order valence-electron chi connectivity index (χ2n) is 5.78. The van der Waals surface area contributed by atoms with Gasteiger partial charge in [-0.25, -0.2) is 0 Å². The molecule has 2 amide bonds. The Morgan fingerprint density at radius 3 is 2.40 bits per heavy atom. The SMILES string of the molecule is CC(=O)c1ccccc1NCC(=O)Nc1cccc(C(=O)N(C)C)c1. The van der Waals surface area contributed by atoms with Gasteiger partial charge in [0, 0.05) is 36.6 Å². The largest absolute Gasteiger partial charge is 0.376 e. The highest BCUT2D eigenvalue weighted by molar-refractivity contribution is 6.01. The molecule has 2 aromatic rings. The lowest BCUT2D eigenvalue weighted by molar-refractivity contribution is -0.114. The van der Waals surface area contributed by atoms with Crippen LogP contribution in [0, 0.1) is 0 Å². The number of carbonyl (C=O) groups is 3. The van der Waals surface area contributed by atoms with Crippen molar-refractivity contribution in [2.24, 2.45) is 0 Å². The second kappa shape index (κ2) is 8.10. The minimum atomic E-state index is -0.271. The quantitative estimate of drug-likeness (QED) is 0.793. The van der Waals surface area contributed by atoms with Gasteiger partial charge in [-0.3, -0.25) is 14.4 Å². The van der Waals surface area contributed by atoms with Crippen molar-refractivity contribution in [3.05, 3.63) is 59.7 Å². The van der Waals surface area contributed by atoms with Crippen LogP contribution in [0.15, 0.2) is 48.5 Å². The van der Waals surface area contributed by atoms with Gasteiger partial charge in [0.05, 0.1) is 6.54 Å². The van der Waals surface area contributed by atoms with Crippen molar-refractivity contribution in [1.29, 1.82) is 0 Å². The van der Waals surface area contributed by atoms with Gasteiger partial charge in [0.15, 0.2) is 5.78 Å². The molecule has 2 N–H and O–H groups in total. The fraction of sp³-hybridized carbons (Fsp3) is 0.211. The first kappa shape index (κ1) is 18.2. The van der Waals surface area contributed by atoms with Crippen molar-refractivity contribution >= 4 is 29.0 Å². The summed E-state index contributed by atoms with van der Waals surface area (Å²) in [6.07, 6.45) is 0. The summed E-state index contributed by atoms with van der Waals surface area (Å²) in [5.41, 5.74) is 2.19. The van der Waals surface area contributed by atoms with Crippen molar-refractivity contribution in [1.82, 2.24) is 4.90 Å². The average Bonchev–Trinajstić information content (AvgIpc) is 2.59. The fourth-order valence-electron chi connectivity index (χ4n) is 2.31. The van der Waals surface area contributed by atoms with Gasteiger partial charge in [-0.05, 0) is 37.3 Å². The Bertz CT molecular complexity index is 800. The lowest BCUT2D eigenvalue weighted by Gasteiger charge is -2.13. The Morgan fingerprint density at radius 2 is 1.72 bits per heavy atom. The molecule has 0 fully saturated rings. The number of amides is 2. The molecular weight excluding hydrogens is 318 g/mol. The Morgan fingerprint density at radius 1 is 1.00 bits per heavy atom. The molecule has 0 aliphatic rings. The van der Waals surface area contributed by atoms with Crippen LogP contribution in [-0.4, -0.2) is 43.1 Å². The summed E-state index contributed by atoms with van der Waals surface area (Å²) in [6, 6.07) is 13.8. The fourth-order valence-corrected chi connectivity index (χ4v) is 2.31. The van der Waals surface area contributed by atoms with Crippen LogP contribution in [0.2, 0.25) is 0 Å². The standard InChI is InChI=1S/C19H21N3O3/c1-13(23)16-9-4-5-10-17(16)20-12-18(24)21-15-8-6-7-14(11-15)19(25)22(2)3/h4-11,20H,12H2,1-3H3,(H,21,24). The van der Waals surface area contributed by atoms with Crippen LogP contribution >= 0.6 is 0 Å². The molecule has 0 unspecified atom stereocenters. The molecule has 2 aromatic carbocycles. The van der Waals surface area contributed by atoms with Crippen LogP contribution in [-0.2, 0) is 4.79 Å². The van der Waals surface area contributed by atoms with E-state index in [9.17, 15) is 14.4 Å². The molecule has 6 heteroatoms. The topological polar surface area (TPSA) is 78.5 Å². The summed E-state index contributed by atoms with van der Waals surface area (Å²) in [5, 5.41) is 5.70. The first-order valence-corrected chi connectivity index (χ1v) is 7.84. The first-order chi connectivity index (χ1) is 11.9. The van der Waals surface area contributed by atoms with Crippen LogP contribution in [0.4, 0.5) is 11.4 Å². The lowest BCUT2D eigenvalue weighted by Crippen LogP contribution is -2.24. The summed E-state index contributed by atoms with van der Waals surface area (Å²) in [6.45, 7) is 1.49. The van der Waals surface area contributed by atoms with Gasteiger partial charge in [-0.2, -0.15) is 0 Å². The molecule has 130 valence electrons. The van der Waals surface area contributed by atoms with E-state index in [4.69, 9.17) is 0 Å². The number of benzene rings is 2. The predicted octanol–water partition coefficient (Wildman–Crippen LogP) is 2.64. The predicted molar refractivity (Wildman–Crippen MR) is 98.0 cm³/mol. The summed E-state index contributed by atoms with van der Waals surface area (Å²) in [5.74, 6) is -0.476. The Hall–Kier alpha value is -3.15. The van der Waals surface area contributed by atoms with Crippen LogP contribution in [0.5, 0.6) is 0 Å². The molecular formula is C19H21N3O3. The normalized spacial score (nSPS) is 10.0. The molecule has 0 heterocycles. The van der Waals surface area contributed by atoms with Crippen molar-refractivity contribution in [3.8, 4) is 0 Å². The molecule has 0 radical (unpaired) electrons. The molecule has 0 bridgehead atoms. The third kappa shape index (κ3) is 4.91. The number of para-hydroxylation sites is 1. The summed E-state index contributed by atoms with van der Waals surface area (Å²) < 4.78 is 0. The number of hydrogen-bond acceptors (Lipinski definition) is 4. The average molecular weight is 339 g/mol. The highest BCUT2D eigenvalue weighted by Gasteiger charge is 2.10. The summed E-state index contributed by atoms with van der Waals surface area (Å²) in [4.78, 5) is 37.1. The number of rotatable bonds is 6. The van der Waals surface area contributed by atoms with E-state index >= 15 is 0 Å². The van der Waals surface area contributed by atoms with Crippen LogP contribution < -0.4 is 10.6 Å². The van der Waals surface area contributed by atoms with Crippen molar-refractivity contribution < 1.29 is 14.4 Å². The van der Waals surface area contributed by atoms with Crippen LogP contribution in [0.25, 0.3) is 0 Å². The number of hydrogen-bond donors (Lipinski definition) is 2. The second-order valence-corrected chi connectivity index (χ2v) is 5.78. The number of carbonyl (C=O) groups excluding carboxylic acids is 3. The third-order valence-corrected chi connectivity index (χ3v) is 3.55. The van der Waals surface area contributed by atoms with Gasteiger partial charge in [0.1, 0.15) is 0 Å². The van der Waals surface area contributed by atoms with E-state index in [2.05, 4.69) is 10.6 Å². The molecule has 0 saturated heterocycles. The number of nitrogens with zero attached hydrogens (tertiary/aromatic N) is 1. The number of Topliss-reactive ketones (excluding diaryl/α,β-unsaturated/α-hetero) is 1. The maximum atomic E-state index is 12.1. The van der Waals surface area contributed by atoms with Gasteiger partial charge in [-0.15, -0.1) is 0 Å². The van der Waals surface area contributed by atoms with E-state index in [0.29, 0.717) is 22.5 Å². The molecule has 0 spiro atoms. The zero-order valence-electron chi connectivity index (χ0n) is 14.5. The van der Waals surface area contributed by atoms with Crippen LogP contribution in [0.1, 0.15) is 27.6 Å². The highest BCUT2D eigenvalue weighted by Crippen LogP contribution is 2.16. The zero-order chi connectivity index (χ0) is 18.4.